The average Bonchev–Trinajstić information content (AvgIpc) is 2.47. The molecule has 0 amide bonds. The largest absolute Gasteiger partial charge is 0.494 e. The van der Waals surface area contributed by atoms with Crippen LogP contribution in [0.5, 0.6) is 5.75 Å². The van der Waals surface area contributed by atoms with Crippen molar-refractivity contribution in [2.75, 3.05) is 20.7 Å². The summed E-state index contributed by atoms with van der Waals surface area (Å²) in [6.07, 6.45) is 3.68. The van der Waals surface area contributed by atoms with Gasteiger partial charge in [-0.05, 0) is 74.2 Å². The molecule has 0 aromatic heterocycles. The number of rotatable bonds is 5. The highest BCUT2D eigenvalue weighted by atomic mass is 19.1. The Hall–Kier alpha value is -1.09. The standard InChI is InChI=1S/C18H28FNO/c1-12(2)13-5-6-15(11-20-3)16(9-13)14-7-8-18(21-4)17(19)10-14/h7-8,10,12-13,15-16,20H,5-6,9,11H2,1-4H3. The molecule has 0 spiro atoms. The summed E-state index contributed by atoms with van der Waals surface area (Å²) in [5.41, 5.74) is 1.12. The number of ether oxygens (including phenoxy) is 1. The van der Waals surface area contributed by atoms with E-state index in [2.05, 4.69) is 19.2 Å². The summed E-state index contributed by atoms with van der Waals surface area (Å²) in [7, 11) is 3.51. The van der Waals surface area contributed by atoms with Crippen molar-refractivity contribution in [3.05, 3.63) is 29.6 Å². The van der Waals surface area contributed by atoms with E-state index in [-0.39, 0.29) is 5.82 Å². The maximum absolute atomic E-state index is 14.0. The predicted octanol–water partition coefficient (Wildman–Crippen LogP) is 4.21. The summed E-state index contributed by atoms with van der Waals surface area (Å²) in [6.45, 7) is 5.60. The molecule has 1 aliphatic rings. The second kappa shape index (κ2) is 7.26. The van der Waals surface area contributed by atoms with Crippen molar-refractivity contribution < 1.29 is 9.13 Å². The first-order valence-corrected chi connectivity index (χ1v) is 8.04. The molecule has 1 saturated carbocycles. The van der Waals surface area contributed by atoms with Gasteiger partial charge in [0, 0.05) is 0 Å². The van der Waals surface area contributed by atoms with Crippen LogP contribution in [-0.4, -0.2) is 20.7 Å². The second-order valence-corrected chi connectivity index (χ2v) is 6.64. The molecule has 2 rings (SSSR count). The van der Waals surface area contributed by atoms with Gasteiger partial charge in [-0.1, -0.05) is 19.9 Å². The van der Waals surface area contributed by atoms with Crippen molar-refractivity contribution in [3.63, 3.8) is 0 Å². The van der Waals surface area contributed by atoms with E-state index in [4.69, 9.17) is 4.74 Å². The van der Waals surface area contributed by atoms with Crippen LogP contribution in [-0.2, 0) is 0 Å². The van der Waals surface area contributed by atoms with Crippen LogP contribution in [0.3, 0.4) is 0 Å². The lowest BCUT2D eigenvalue weighted by molar-refractivity contribution is 0.192. The number of halogens is 1. The van der Waals surface area contributed by atoms with Gasteiger partial charge < -0.3 is 10.1 Å². The zero-order chi connectivity index (χ0) is 15.4. The van der Waals surface area contributed by atoms with E-state index in [9.17, 15) is 4.39 Å². The van der Waals surface area contributed by atoms with Gasteiger partial charge >= 0.3 is 0 Å². The van der Waals surface area contributed by atoms with Gasteiger partial charge in [-0.2, -0.15) is 0 Å². The summed E-state index contributed by atoms with van der Waals surface area (Å²) in [5.74, 6) is 2.57. The van der Waals surface area contributed by atoms with Gasteiger partial charge in [0.05, 0.1) is 7.11 Å². The summed E-state index contributed by atoms with van der Waals surface area (Å²) in [6, 6.07) is 5.48. The van der Waals surface area contributed by atoms with Gasteiger partial charge in [0.1, 0.15) is 0 Å². The highest BCUT2D eigenvalue weighted by molar-refractivity contribution is 5.32. The maximum Gasteiger partial charge on any atom is 0.165 e. The average molecular weight is 293 g/mol. The molecule has 0 heterocycles. The Balaban J connectivity index is 2.24. The van der Waals surface area contributed by atoms with Crippen LogP contribution in [0.4, 0.5) is 4.39 Å². The fourth-order valence-electron chi connectivity index (χ4n) is 3.70. The Morgan fingerprint density at radius 1 is 1.33 bits per heavy atom. The van der Waals surface area contributed by atoms with E-state index in [1.165, 1.54) is 20.0 Å². The Morgan fingerprint density at radius 2 is 2.10 bits per heavy atom. The fraction of sp³-hybridized carbons (Fsp3) is 0.667. The molecule has 1 aromatic rings. The lowest BCUT2D eigenvalue weighted by Crippen LogP contribution is -2.32. The van der Waals surface area contributed by atoms with Crippen LogP contribution in [0.15, 0.2) is 18.2 Å². The van der Waals surface area contributed by atoms with Crippen LogP contribution < -0.4 is 10.1 Å². The minimum absolute atomic E-state index is 0.245. The first-order chi connectivity index (χ1) is 10.1. The van der Waals surface area contributed by atoms with E-state index in [0.717, 1.165) is 24.4 Å². The number of methoxy groups -OCH3 is 1. The molecule has 21 heavy (non-hydrogen) atoms. The van der Waals surface area contributed by atoms with Crippen molar-refractivity contribution in [1.82, 2.24) is 5.32 Å². The molecule has 1 fully saturated rings. The van der Waals surface area contributed by atoms with E-state index in [1.54, 1.807) is 12.1 Å². The molecule has 3 heteroatoms. The van der Waals surface area contributed by atoms with Crippen LogP contribution in [0.25, 0.3) is 0 Å². The van der Waals surface area contributed by atoms with E-state index >= 15 is 0 Å². The summed E-state index contributed by atoms with van der Waals surface area (Å²) >= 11 is 0. The molecule has 118 valence electrons. The van der Waals surface area contributed by atoms with Crippen LogP contribution >= 0.6 is 0 Å². The lowest BCUT2D eigenvalue weighted by atomic mass is 9.68. The number of hydrogen-bond acceptors (Lipinski definition) is 2. The normalized spacial score (nSPS) is 26.1. The van der Waals surface area contributed by atoms with E-state index in [1.807, 2.05) is 13.1 Å². The van der Waals surface area contributed by atoms with Crippen LogP contribution in [0.2, 0.25) is 0 Å². The highest BCUT2D eigenvalue weighted by Crippen LogP contribution is 2.43. The van der Waals surface area contributed by atoms with Crippen LogP contribution in [0, 0.1) is 23.6 Å². The molecule has 3 unspecified atom stereocenters. The van der Waals surface area contributed by atoms with E-state index < -0.39 is 0 Å². The van der Waals surface area contributed by atoms with E-state index in [0.29, 0.717) is 23.5 Å². The first-order valence-electron chi connectivity index (χ1n) is 8.04. The van der Waals surface area contributed by atoms with Crippen LogP contribution in [0.1, 0.15) is 44.6 Å². The third-order valence-electron chi connectivity index (χ3n) is 5.05. The highest BCUT2D eigenvalue weighted by Gasteiger charge is 2.32. The van der Waals surface area contributed by atoms with Crippen molar-refractivity contribution in [2.24, 2.45) is 17.8 Å². The van der Waals surface area contributed by atoms with Gasteiger partial charge in [-0.25, -0.2) is 4.39 Å². The fourth-order valence-corrected chi connectivity index (χ4v) is 3.70. The minimum Gasteiger partial charge on any atom is -0.494 e. The van der Waals surface area contributed by atoms with Gasteiger partial charge in [-0.15, -0.1) is 0 Å². The number of hydrogen-bond donors (Lipinski definition) is 1. The summed E-state index contributed by atoms with van der Waals surface area (Å²) < 4.78 is 19.1. The van der Waals surface area contributed by atoms with Crippen molar-refractivity contribution >= 4 is 0 Å². The van der Waals surface area contributed by atoms with Gasteiger partial charge in [0.15, 0.2) is 11.6 Å². The summed E-state index contributed by atoms with van der Waals surface area (Å²) in [5, 5.41) is 3.30. The first kappa shape index (κ1) is 16.3. The molecular formula is C18H28FNO. The van der Waals surface area contributed by atoms with Gasteiger partial charge in [0.2, 0.25) is 0 Å². The molecule has 2 nitrogen and oxygen atoms in total. The third-order valence-corrected chi connectivity index (χ3v) is 5.05. The topological polar surface area (TPSA) is 21.3 Å². The van der Waals surface area contributed by atoms with Crippen molar-refractivity contribution in [2.45, 2.75) is 39.0 Å². The quantitative estimate of drug-likeness (QED) is 0.878. The monoisotopic (exact) mass is 293 g/mol. The minimum atomic E-state index is -0.245. The molecule has 1 N–H and O–H groups in total. The molecule has 1 aliphatic carbocycles. The second-order valence-electron chi connectivity index (χ2n) is 6.64. The molecule has 0 radical (unpaired) electrons. The zero-order valence-electron chi connectivity index (χ0n) is 13.7. The molecule has 0 bridgehead atoms. The molecule has 0 saturated heterocycles. The third kappa shape index (κ3) is 3.76. The zero-order valence-corrected chi connectivity index (χ0v) is 13.7. The molecule has 0 aliphatic heterocycles. The Morgan fingerprint density at radius 3 is 2.67 bits per heavy atom. The Bertz CT molecular complexity index is 461. The number of nitrogens with one attached hydrogen (secondary N) is 1. The van der Waals surface area contributed by atoms with Crippen molar-refractivity contribution in [1.29, 1.82) is 0 Å². The van der Waals surface area contributed by atoms with Gasteiger partial charge in [-0.3, -0.25) is 0 Å². The Labute approximate surface area is 128 Å². The smallest absolute Gasteiger partial charge is 0.165 e. The number of benzene rings is 1. The molecular weight excluding hydrogens is 265 g/mol. The SMILES string of the molecule is CNCC1CCC(C(C)C)CC1c1ccc(OC)c(F)c1. The molecule has 1 aromatic carbocycles. The Kier molecular flexibility index (Phi) is 5.63. The molecule has 3 atom stereocenters. The van der Waals surface area contributed by atoms with Crippen molar-refractivity contribution in [3.8, 4) is 5.75 Å². The summed E-state index contributed by atoms with van der Waals surface area (Å²) in [4.78, 5) is 0. The lowest BCUT2D eigenvalue weighted by Gasteiger charge is -2.38. The predicted molar refractivity (Wildman–Crippen MR) is 85.3 cm³/mol. The van der Waals surface area contributed by atoms with Gasteiger partial charge in [0.25, 0.3) is 0 Å². The maximum atomic E-state index is 14.0.